The first-order chi connectivity index (χ1) is 26.8. The van der Waals surface area contributed by atoms with Gasteiger partial charge in [-0.3, -0.25) is 0 Å². The van der Waals surface area contributed by atoms with Crippen LogP contribution >= 0.6 is 11.3 Å². The highest BCUT2D eigenvalue weighted by Crippen LogP contribution is 2.46. The predicted molar refractivity (Wildman–Crippen MR) is 234 cm³/mol. The molecular formula is C52H34OS. The Kier molecular flexibility index (Phi) is 7.24. The van der Waals surface area contributed by atoms with Crippen molar-refractivity contribution in [2.75, 3.05) is 0 Å². The standard InChI is InChI=1S/C52H34OS/c1-2-5-17-35(25-24-34(16-4-1)33-14-6-3-7-15-33)50-38-18-8-10-20-40(38)51(41-21-11-9-19-39(41)50)37-27-29-48-44(30-37)45-32-43-36(31-49(45)54-48)26-28-47-52(43)42-22-12-13-23-46(42)53-47/h1-15,18-32H,16-17H2/b4-1-,5-2-,34-24+,35-25+. The lowest BCUT2D eigenvalue weighted by Gasteiger charge is -2.19. The van der Waals surface area contributed by atoms with Gasteiger partial charge >= 0.3 is 0 Å². The van der Waals surface area contributed by atoms with Crippen LogP contribution in [0.5, 0.6) is 0 Å². The van der Waals surface area contributed by atoms with Crippen LogP contribution in [0.15, 0.2) is 186 Å². The minimum atomic E-state index is 0.844. The number of thiophene rings is 1. The van der Waals surface area contributed by atoms with Crippen molar-refractivity contribution < 1.29 is 4.42 Å². The number of allylic oxidation sites excluding steroid dienone is 8. The summed E-state index contributed by atoms with van der Waals surface area (Å²) in [6.45, 7) is 0. The van der Waals surface area contributed by atoms with Gasteiger partial charge in [0.05, 0.1) is 0 Å². The van der Waals surface area contributed by atoms with E-state index >= 15 is 0 Å². The Bertz CT molecular complexity index is 3200. The molecule has 0 N–H and O–H groups in total. The van der Waals surface area contributed by atoms with Crippen LogP contribution in [0, 0.1) is 0 Å². The second kappa shape index (κ2) is 12.6. The summed E-state index contributed by atoms with van der Waals surface area (Å²) in [6, 6.07) is 53.4. The third kappa shape index (κ3) is 4.99. The number of benzene rings is 8. The van der Waals surface area contributed by atoms with E-state index in [1.165, 1.54) is 96.7 Å². The average molecular weight is 707 g/mol. The molecule has 0 bridgehead atoms. The van der Waals surface area contributed by atoms with Gasteiger partial charge in [-0.2, -0.15) is 0 Å². The zero-order valence-electron chi connectivity index (χ0n) is 29.6. The highest BCUT2D eigenvalue weighted by molar-refractivity contribution is 7.25. The van der Waals surface area contributed by atoms with Gasteiger partial charge in [0.25, 0.3) is 0 Å². The molecule has 0 aliphatic heterocycles. The highest BCUT2D eigenvalue weighted by atomic mass is 32.1. The quantitative estimate of drug-likeness (QED) is 0.167. The molecule has 54 heavy (non-hydrogen) atoms. The molecule has 1 aliphatic carbocycles. The molecule has 2 heteroatoms. The first-order valence-electron chi connectivity index (χ1n) is 18.7. The Hall–Kier alpha value is -6.48. The molecule has 0 unspecified atom stereocenters. The lowest BCUT2D eigenvalue weighted by molar-refractivity contribution is 0.669. The first kappa shape index (κ1) is 31.1. The van der Waals surface area contributed by atoms with Gasteiger partial charge in [-0.1, -0.05) is 146 Å². The van der Waals surface area contributed by atoms with E-state index in [9.17, 15) is 0 Å². The minimum absolute atomic E-state index is 0.844. The molecular weight excluding hydrogens is 673 g/mol. The summed E-state index contributed by atoms with van der Waals surface area (Å²) in [4.78, 5) is 0. The van der Waals surface area contributed by atoms with Crippen LogP contribution in [0.3, 0.4) is 0 Å². The van der Waals surface area contributed by atoms with Crippen molar-refractivity contribution >= 4 is 96.9 Å². The third-order valence-electron chi connectivity index (χ3n) is 11.2. The summed E-state index contributed by atoms with van der Waals surface area (Å²) < 4.78 is 8.90. The molecule has 2 aromatic heterocycles. The van der Waals surface area contributed by atoms with Crippen LogP contribution in [-0.4, -0.2) is 0 Å². The van der Waals surface area contributed by atoms with E-state index < -0.39 is 0 Å². The largest absolute Gasteiger partial charge is 0.456 e. The van der Waals surface area contributed by atoms with Gasteiger partial charge in [-0.05, 0) is 115 Å². The van der Waals surface area contributed by atoms with Crippen molar-refractivity contribution in [1.82, 2.24) is 0 Å². The molecule has 0 saturated heterocycles. The van der Waals surface area contributed by atoms with E-state index in [4.69, 9.17) is 4.42 Å². The number of para-hydroxylation sites is 1. The Balaban J connectivity index is 1.14. The lowest BCUT2D eigenvalue weighted by atomic mass is 9.84. The van der Waals surface area contributed by atoms with Gasteiger partial charge in [0, 0.05) is 30.9 Å². The molecule has 0 fully saturated rings. The SMILES string of the molecule is C1=C\C/C(c2ccccc2)=C\C=C(\c2c3ccccc3c(-c3ccc4sc5cc6ccc7oc8ccccc8c7c6cc5c4c3)c3ccccc23)C\C=C/1. The molecule has 0 radical (unpaired) electrons. The van der Waals surface area contributed by atoms with Gasteiger partial charge < -0.3 is 4.42 Å². The first-order valence-corrected chi connectivity index (χ1v) is 19.5. The molecule has 2 heterocycles. The Morgan fingerprint density at radius 3 is 1.80 bits per heavy atom. The summed E-state index contributed by atoms with van der Waals surface area (Å²) >= 11 is 1.88. The summed E-state index contributed by atoms with van der Waals surface area (Å²) in [5, 5.41) is 12.5. The maximum atomic E-state index is 6.29. The molecule has 8 aromatic carbocycles. The van der Waals surface area contributed by atoms with Crippen LogP contribution in [0.25, 0.3) is 96.7 Å². The van der Waals surface area contributed by atoms with Gasteiger partial charge in [-0.15, -0.1) is 11.3 Å². The van der Waals surface area contributed by atoms with Crippen LogP contribution in [0.1, 0.15) is 24.0 Å². The van der Waals surface area contributed by atoms with Crippen molar-refractivity contribution in [3.63, 3.8) is 0 Å². The van der Waals surface area contributed by atoms with Crippen LogP contribution in [0.4, 0.5) is 0 Å². The number of fused-ring (bicyclic) bond motifs is 10. The van der Waals surface area contributed by atoms with Crippen molar-refractivity contribution in [3.05, 3.63) is 193 Å². The van der Waals surface area contributed by atoms with Gasteiger partial charge in [-0.25, -0.2) is 0 Å². The molecule has 11 rings (SSSR count). The molecule has 254 valence electrons. The fourth-order valence-corrected chi connectivity index (χ4v) is 9.81. The van der Waals surface area contributed by atoms with Crippen LogP contribution in [0.2, 0.25) is 0 Å². The molecule has 10 aromatic rings. The predicted octanol–water partition coefficient (Wildman–Crippen LogP) is 15.5. The second-order valence-corrected chi connectivity index (χ2v) is 15.4. The fraction of sp³-hybridized carbons (Fsp3) is 0.0385. The topological polar surface area (TPSA) is 13.1 Å². The van der Waals surface area contributed by atoms with E-state index in [0.29, 0.717) is 0 Å². The van der Waals surface area contributed by atoms with Crippen molar-refractivity contribution in [2.24, 2.45) is 0 Å². The van der Waals surface area contributed by atoms with E-state index in [1.54, 1.807) is 0 Å². The number of furan rings is 1. The number of rotatable bonds is 3. The average Bonchev–Trinajstić information content (AvgIpc) is 3.79. The zero-order valence-corrected chi connectivity index (χ0v) is 30.4. The second-order valence-electron chi connectivity index (χ2n) is 14.3. The van der Waals surface area contributed by atoms with Crippen LogP contribution in [-0.2, 0) is 0 Å². The monoisotopic (exact) mass is 706 g/mol. The summed E-state index contributed by atoms with van der Waals surface area (Å²) in [5.41, 5.74) is 9.60. The van der Waals surface area contributed by atoms with E-state index in [0.717, 1.165) is 24.0 Å². The van der Waals surface area contributed by atoms with E-state index in [1.807, 2.05) is 17.4 Å². The van der Waals surface area contributed by atoms with Gasteiger partial charge in [0.15, 0.2) is 0 Å². The maximum Gasteiger partial charge on any atom is 0.136 e. The number of hydrogen-bond donors (Lipinski definition) is 0. The molecule has 1 aliphatic rings. The molecule has 0 spiro atoms. The molecule has 1 nitrogen and oxygen atoms in total. The maximum absolute atomic E-state index is 6.29. The normalized spacial score (nSPS) is 17.0. The van der Waals surface area contributed by atoms with Crippen molar-refractivity contribution in [1.29, 1.82) is 0 Å². The van der Waals surface area contributed by atoms with Gasteiger partial charge in [0.1, 0.15) is 11.2 Å². The van der Waals surface area contributed by atoms with E-state index in [2.05, 4.69) is 176 Å². The van der Waals surface area contributed by atoms with Crippen molar-refractivity contribution in [3.8, 4) is 11.1 Å². The van der Waals surface area contributed by atoms with E-state index in [-0.39, 0.29) is 0 Å². The highest BCUT2D eigenvalue weighted by Gasteiger charge is 2.19. The number of hydrogen-bond acceptors (Lipinski definition) is 2. The third-order valence-corrected chi connectivity index (χ3v) is 12.3. The van der Waals surface area contributed by atoms with Crippen molar-refractivity contribution in [2.45, 2.75) is 12.8 Å². The van der Waals surface area contributed by atoms with Crippen LogP contribution < -0.4 is 0 Å². The smallest absolute Gasteiger partial charge is 0.136 e. The Morgan fingerprint density at radius 2 is 1.04 bits per heavy atom. The summed E-state index contributed by atoms with van der Waals surface area (Å²) in [7, 11) is 0. The molecule has 0 saturated carbocycles. The Labute approximate surface area is 317 Å². The molecule has 0 atom stereocenters. The lowest BCUT2D eigenvalue weighted by Crippen LogP contribution is -1.94. The summed E-state index contributed by atoms with van der Waals surface area (Å²) in [6.07, 6.45) is 15.4. The summed E-state index contributed by atoms with van der Waals surface area (Å²) in [5.74, 6) is 0. The Morgan fingerprint density at radius 1 is 0.407 bits per heavy atom. The zero-order chi connectivity index (χ0) is 35.6. The fourth-order valence-electron chi connectivity index (χ4n) is 8.69. The van der Waals surface area contributed by atoms with Gasteiger partial charge in [0.2, 0.25) is 0 Å². The minimum Gasteiger partial charge on any atom is -0.456 e. The molecule has 0 amide bonds.